The molecule has 2 N–H and O–H groups in total. The maximum Gasteiger partial charge on any atom is 0.238 e. The van der Waals surface area contributed by atoms with Gasteiger partial charge in [-0.1, -0.05) is 12.1 Å². The SMILES string of the molecule is CC(=O)c1cccc(NC(=O)CN2CCC3NCCC3C2)c1.Cl. The van der Waals surface area contributed by atoms with E-state index in [-0.39, 0.29) is 24.1 Å². The molecule has 0 saturated carbocycles. The number of halogens is 1. The first-order valence-electron chi connectivity index (χ1n) is 7.98. The lowest BCUT2D eigenvalue weighted by Crippen LogP contribution is -2.46. The van der Waals surface area contributed by atoms with Crippen molar-refractivity contribution in [3.63, 3.8) is 0 Å². The number of rotatable bonds is 4. The van der Waals surface area contributed by atoms with Gasteiger partial charge in [-0.3, -0.25) is 14.5 Å². The van der Waals surface area contributed by atoms with Crippen LogP contribution < -0.4 is 10.6 Å². The summed E-state index contributed by atoms with van der Waals surface area (Å²) in [5.74, 6) is 0.680. The maximum atomic E-state index is 12.2. The average molecular weight is 338 g/mol. The van der Waals surface area contributed by atoms with Crippen molar-refractivity contribution in [2.45, 2.75) is 25.8 Å². The molecule has 2 aliphatic rings. The van der Waals surface area contributed by atoms with E-state index < -0.39 is 0 Å². The van der Waals surface area contributed by atoms with Crippen molar-refractivity contribution in [3.8, 4) is 0 Å². The molecule has 3 rings (SSSR count). The molecule has 0 radical (unpaired) electrons. The number of Topliss-reactive ketones (excluding diaryl/α,β-unsaturated/α-hetero) is 1. The predicted molar refractivity (Wildman–Crippen MR) is 93.3 cm³/mol. The van der Waals surface area contributed by atoms with Crippen LogP contribution in [0.5, 0.6) is 0 Å². The second-order valence-corrected chi connectivity index (χ2v) is 6.32. The molecule has 0 spiro atoms. The predicted octanol–water partition coefficient (Wildman–Crippen LogP) is 1.93. The van der Waals surface area contributed by atoms with E-state index in [9.17, 15) is 9.59 Å². The van der Waals surface area contributed by atoms with Gasteiger partial charge in [-0.15, -0.1) is 12.4 Å². The highest BCUT2D eigenvalue weighted by atomic mass is 35.5. The molecule has 2 aliphatic heterocycles. The Morgan fingerprint density at radius 3 is 2.96 bits per heavy atom. The fourth-order valence-corrected chi connectivity index (χ4v) is 3.49. The maximum absolute atomic E-state index is 12.2. The minimum absolute atomic E-state index is 0. The van der Waals surface area contributed by atoms with Crippen LogP contribution in [0.3, 0.4) is 0 Å². The summed E-state index contributed by atoms with van der Waals surface area (Å²) in [4.78, 5) is 25.8. The van der Waals surface area contributed by atoms with Crippen LogP contribution in [-0.4, -0.2) is 48.8 Å². The summed E-state index contributed by atoms with van der Waals surface area (Å²) >= 11 is 0. The van der Waals surface area contributed by atoms with E-state index in [4.69, 9.17) is 0 Å². The van der Waals surface area contributed by atoms with Gasteiger partial charge in [0.25, 0.3) is 0 Å². The zero-order valence-corrected chi connectivity index (χ0v) is 14.2. The van der Waals surface area contributed by atoms with Crippen molar-refractivity contribution in [3.05, 3.63) is 29.8 Å². The second kappa shape index (κ2) is 7.90. The number of anilines is 1. The Hall–Kier alpha value is -1.43. The normalized spacial score (nSPS) is 23.7. The topological polar surface area (TPSA) is 61.4 Å². The number of nitrogens with one attached hydrogen (secondary N) is 2. The number of hydrogen-bond acceptors (Lipinski definition) is 4. The standard InChI is InChI=1S/C17H23N3O2.ClH/c1-12(21)13-3-2-4-15(9-13)19-17(22)11-20-8-6-16-14(10-20)5-7-18-16;/h2-4,9,14,16,18H,5-8,10-11H2,1H3,(H,19,22);1H. The summed E-state index contributed by atoms with van der Waals surface area (Å²) in [6, 6.07) is 7.74. The summed E-state index contributed by atoms with van der Waals surface area (Å²) in [5.41, 5.74) is 1.31. The summed E-state index contributed by atoms with van der Waals surface area (Å²) in [7, 11) is 0. The Labute approximate surface area is 143 Å². The molecule has 2 unspecified atom stereocenters. The van der Waals surface area contributed by atoms with Crippen molar-refractivity contribution in [2.75, 3.05) is 31.5 Å². The fraction of sp³-hybridized carbons (Fsp3) is 0.529. The smallest absolute Gasteiger partial charge is 0.238 e. The van der Waals surface area contributed by atoms with Gasteiger partial charge in [0.15, 0.2) is 5.78 Å². The molecule has 0 aliphatic carbocycles. The number of likely N-dealkylation sites (tertiary alicyclic amines) is 1. The van der Waals surface area contributed by atoms with Crippen molar-refractivity contribution < 1.29 is 9.59 Å². The number of amides is 1. The molecule has 0 bridgehead atoms. The highest BCUT2D eigenvalue weighted by Crippen LogP contribution is 2.24. The Kier molecular flexibility index (Phi) is 6.16. The zero-order chi connectivity index (χ0) is 15.5. The Balaban J connectivity index is 0.00000192. The third-order valence-electron chi connectivity index (χ3n) is 4.66. The summed E-state index contributed by atoms with van der Waals surface area (Å²) in [6.07, 6.45) is 2.33. The number of nitrogens with zero attached hydrogens (tertiary/aromatic N) is 1. The van der Waals surface area contributed by atoms with E-state index in [1.807, 2.05) is 6.07 Å². The van der Waals surface area contributed by atoms with Crippen LogP contribution in [0.1, 0.15) is 30.1 Å². The van der Waals surface area contributed by atoms with Crippen LogP contribution in [0, 0.1) is 5.92 Å². The first-order valence-corrected chi connectivity index (χ1v) is 7.98. The average Bonchev–Trinajstić information content (AvgIpc) is 2.95. The highest BCUT2D eigenvalue weighted by molar-refractivity contribution is 5.97. The quantitative estimate of drug-likeness (QED) is 0.824. The largest absolute Gasteiger partial charge is 0.325 e. The molecule has 2 fully saturated rings. The van der Waals surface area contributed by atoms with Crippen molar-refractivity contribution in [1.82, 2.24) is 10.2 Å². The first-order chi connectivity index (χ1) is 10.6. The van der Waals surface area contributed by atoms with E-state index >= 15 is 0 Å². The van der Waals surface area contributed by atoms with E-state index in [0.29, 0.717) is 29.8 Å². The fourth-order valence-electron chi connectivity index (χ4n) is 3.49. The van der Waals surface area contributed by atoms with Gasteiger partial charge in [-0.2, -0.15) is 0 Å². The summed E-state index contributed by atoms with van der Waals surface area (Å²) in [6.45, 7) is 5.02. The number of benzene rings is 1. The van der Waals surface area contributed by atoms with Gasteiger partial charge in [0.2, 0.25) is 5.91 Å². The first kappa shape index (κ1) is 17.9. The third-order valence-corrected chi connectivity index (χ3v) is 4.66. The van der Waals surface area contributed by atoms with Gasteiger partial charge in [0, 0.05) is 30.4 Å². The van der Waals surface area contributed by atoms with Gasteiger partial charge in [-0.25, -0.2) is 0 Å². The molecule has 23 heavy (non-hydrogen) atoms. The number of ketones is 1. The van der Waals surface area contributed by atoms with Crippen LogP contribution in [0.4, 0.5) is 5.69 Å². The molecular weight excluding hydrogens is 314 g/mol. The van der Waals surface area contributed by atoms with Crippen LogP contribution in [-0.2, 0) is 4.79 Å². The van der Waals surface area contributed by atoms with E-state index in [2.05, 4.69) is 15.5 Å². The molecule has 1 amide bonds. The van der Waals surface area contributed by atoms with Crippen LogP contribution in [0.2, 0.25) is 0 Å². The lowest BCUT2D eigenvalue weighted by Gasteiger charge is -2.34. The molecule has 6 heteroatoms. The molecule has 0 aromatic heterocycles. The van der Waals surface area contributed by atoms with E-state index in [1.54, 1.807) is 18.2 Å². The number of piperidine rings is 1. The minimum atomic E-state index is -0.00916. The molecule has 2 saturated heterocycles. The summed E-state index contributed by atoms with van der Waals surface area (Å²) in [5, 5.41) is 6.43. The van der Waals surface area contributed by atoms with Crippen LogP contribution in [0.25, 0.3) is 0 Å². The lowest BCUT2D eigenvalue weighted by atomic mass is 9.93. The Bertz CT molecular complexity index is 579. The van der Waals surface area contributed by atoms with Crippen LogP contribution >= 0.6 is 12.4 Å². The number of fused-ring (bicyclic) bond motifs is 1. The minimum Gasteiger partial charge on any atom is -0.325 e. The zero-order valence-electron chi connectivity index (χ0n) is 13.4. The Morgan fingerprint density at radius 1 is 1.35 bits per heavy atom. The van der Waals surface area contributed by atoms with Gasteiger partial charge in [0.1, 0.15) is 0 Å². The van der Waals surface area contributed by atoms with Gasteiger partial charge < -0.3 is 10.6 Å². The Morgan fingerprint density at radius 2 is 2.17 bits per heavy atom. The molecular formula is C17H24ClN3O2. The number of carbonyl (C=O) groups excluding carboxylic acids is 2. The molecule has 126 valence electrons. The molecule has 2 heterocycles. The van der Waals surface area contributed by atoms with Gasteiger partial charge in [-0.05, 0) is 44.4 Å². The van der Waals surface area contributed by atoms with E-state index in [1.165, 1.54) is 13.3 Å². The van der Waals surface area contributed by atoms with Crippen molar-refractivity contribution >= 4 is 29.8 Å². The van der Waals surface area contributed by atoms with Gasteiger partial charge >= 0.3 is 0 Å². The second-order valence-electron chi connectivity index (χ2n) is 6.32. The third kappa shape index (κ3) is 4.53. The van der Waals surface area contributed by atoms with Gasteiger partial charge in [0.05, 0.1) is 6.54 Å². The number of carbonyl (C=O) groups is 2. The lowest BCUT2D eigenvalue weighted by molar-refractivity contribution is -0.117. The highest BCUT2D eigenvalue weighted by Gasteiger charge is 2.32. The molecule has 1 aromatic carbocycles. The van der Waals surface area contributed by atoms with E-state index in [0.717, 1.165) is 26.1 Å². The molecule has 1 aromatic rings. The van der Waals surface area contributed by atoms with Crippen molar-refractivity contribution in [1.29, 1.82) is 0 Å². The summed E-state index contributed by atoms with van der Waals surface area (Å²) < 4.78 is 0. The molecule has 5 nitrogen and oxygen atoms in total. The number of hydrogen-bond donors (Lipinski definition) is 2. The van der Waals surface area contributed by atoms with Crippen LogP contribution in [0.15, 0.2) is 24.3 Å². The monoisotopic (exact) mass is 337 g/mol. The van der Waals surface area contributed by atoms with Crippen molar-refractivity contribution in [2.24, 2.45) is 5.92 Å². The molecule has 2 atom stereocenters.